The molecule has 0 amide bonds. The molecular weight excluding hydrogens is 460 g/mol. The van der Waals surface area contributed by atoms with Gasteiger partial charge in [-0.2, -0.15) is 0 Å². The first-order valence-corrected chi connectivity index (χ1v) is 13.6. The first kappa shape index (κ1) is 24.1. The molecule has 0 bridgehead atoms. The average molecular weight is 495 g/mol. The van der Waals surface area contributed by atoms with E-state index in [0.29, 0.717) is 0 Å². The summed E-state index contributed by atoms with van der Waals surface area (Å²) in [5.41, 5.74) is 8.64. The van der Waals surface area contributed by atoms with E-state index in [4.69, 9.17) is 0 Å². The van der Waals surface area contributed by atoms with Crippen LogP contribution in [0.5, 0.6) is 0 Å². The summed E-state index contributed by atoms with van der Waals surface area (Å²) < 4.78 is 0. The van der Waals surface area contributed by atoms with E-state index in [1.54, 1.807) is 0 Å². The van der Waals surface area contributed by atoms with Crippen LogP contribution in [0.4, 0.5) is 22.7 Å². The van der Waals surface area contributed by atoms with E-state index in [2.05, 4.69) is 151 Å². The molecule has 0 aliphatic heterocycles. The molecule has 0 saturated carbocycles. The van der Waals surface area contributed by atoms with Crippen molar-refractivity contribution in [1.29, 1.82) is 0 Å². The minimum atomic E-state index is 0.245. The fourth-order valence-electron chi connectivity index (χ4n) is 5.61. The van der Waals surface area contributed by atoms with E-state index >= 15 is 0 Å². The molecule has 2 aliphatic carbocycles. The lowest BCUT2D eigenvalue weighted by atomic mass is 9.99. The topological polar surface area (TPSA) is 6.48 Å². The monoisotopic (exact) mass is 494 g/mol. The highest BCUT2D eigenvalue weighted by atomic mass is 15.2. The van der Waals surface area contributed by atoms with E-state index in [1.807, 2.05) is 0 Å². The fraction of sp³-hybridized carbons (Fsp3) is 0.167. The van der Waals surface area contributed by atoms with Crippen LogP contribution in [0.25, 0.3) is 12.2 Å². The molecule has 1 atom stereocenters. The largest absolute Gasteiger partial charge is 0.334 e. The van der Waals surface area contributed by atoms with Crippen molar-refractivity contribution in [2.45, 2.75) is 39.2 Å². The third-order valence-electron chi connectivity index (χ3n) is 7.42. The van der Waals surface area contributed by atoms with E-state index in [1.165, 1.54) is 50.0 Å². The molecular formula is C36H34N2. The number of benzene rings is 4. The summed E-state index contributed by atoms with van der Waals surface area (Å²) >= 11 is 0. The molecule has 0 radical (unpaired) electrons. The van der Waals surface area contributed by atoms with Crippen molar-refractivity contribution >= 4 is 34.9 Å². The summed E-state index contributed by atoms with van der Waals surface area (Å²) in [6.45, 7) is 4.33. The van der Waals surface area contributed by atoms with Crippen molar-refractivity contribution in [1.82, 2.24) is 0 Å². The molecule has 6 rings (SSSR count). The number of anilines is 4. The zero-order valence-electron chi connectivity index (χ0n) is 22.2. The molecule has 0 spiro atoms. The molecule has 2 aliphatic rings. The predicted octanol–water partition coefficient (Wildman–Crippen LogP) is 7.85. The second-order valence-electron chi connectivity index (χ2n) is 10.3. The molecule has 0 saturated heterocycles. The van der Waals surface area contributed by atoms with Gasteiger partial charge in [-0.3, -0.25) is 0 Å². The molecule has 1 unspecified atom stereocenters. The molecule has 0 aromatic heterocycles. The van der Waals surface area contributed by atoms with Gasteiger partial charge in [0.1, 0.15) is 0 Å². The van der Waals surface area contributed by atoms with Gasteiger partial charge in [0.15, 0.2) is 0 Å². The molecule has 4 aromatic carbocycles. The van der Waals surface area contributed by atoms with E-state index in [0.717, 1.165) is 19.3 Å². The summed E-state index contributed by atoms with van der Waals surface area (Å²) in [5, 5.41) is 2.59. The van der Waals surface area contributed by atoms with Gasteiger partial charge in [-0.15, -0.1) is 0 Å². The number of nitrogens with zero attached hydrogens (tertiary/aromatic N) is 2. The van der Waals surface area contributed by atoms with Crippen LogP contribution in [0.1, 0.15) is 30.4 Å². The number of hydrogen-bond acceptors (Lipinski definition) is 2. The van der Waals surface area contributed by atoms with Gasteiger partial charge in [-0.05, 0) is 109 Å². The smallest absolute Gasteiger partial charge is 0.0566 e. The second kappa shape index (κ2) is 10.6. The van der Waals surface area contributed by atoms with Crippen molar-refractivity contribution in [2.75, 3.05) is 9.80 Å². The van der Waals surface area contributed by atoms with E-state index in [-0.39, 0.29) is 6.04 Å². The van der Waals surface area contributed by atoms with Gasteiger partial charge in [0.25, 0.3) is 0 Å². The first-order chi connectivity index (χ1) is 18.7. The minimum Gasteiger partial charge on any atom is -0.334 e. The van der Waals surface area contributed by atoms with Gasteiger partial charge in [0, 0.05) is 28.4 Å². The Bertz CT molecular complexity index is 1630. The summed E-state index contributed by atoms with van der Waals surface area (Å²) in [7, 11) is 0. The Morgan fingerprint density at radius 3 is 2.05 bits per heavy atom. The van der Waals surface area contributed by atoms with Crippen LogP contribution in [0, 0.1) is 13.8 Å². The maximum atomic E-state index is 2.47. The SMILES string of the molecule is Cc1cccc(N(C2=CCCC=C2)c2ccc3c(c2)=CCC(N(c2ccccc2)c2cccc(C)c2)C=3)c1. The lowest BCUT2D eigenvalue weighted by Crippen LogP contribution is -2.38. The van der Waals surface area contributed by atoms with E-state index < -0.39 is 0 Å². The highest BCUT2D eigenvalue weighted by molar-refractivity contribution is 5.73. The molecule has 38 heavy (non-hydrogen) atoms. The summed E-state index contributed by atoms with van der Waals surface area (Å²) in [6.07, 6.45) is 14.9. The van der Waals surface area contributed by atoms with Crippen molar-refractivity contribution in [3.63, 3.8) is 0 Å². The zero-order valence-corrected chi connectivity index (χ0v) is 22.2. The van der Waals surface area contributed by atoms with Crippen LogP contribution in [0.15, 0.2) is 121 Å². The highest BCUT2D eigenvalue weighted by Gasteiger charge is 2.21. The van der Waals surface area contributed by atoms with Gasteiger partial charge < -0.3 is 9.80 Å². The number of aryl methyl sites for hydroxylation is 2. The molecule has 188 valence electrons. The van der Waals surface area contributed by atoms with Crippen molar-refractivity contribution in [2.24, 2.45) is 0 Å². The maximum Gasteiger partial charge on any atom is 0.0566 e. The second-order valence-corrected chi connectivity index (χ2v) is 10.3. The third-order valence-corrected chi connectivity index (χ3v) is 7.42. The van der Waals surface area contributed by atoms with Crippen LogP contribution < -0.4 is 20.2 Å². The predicted molar refractivity (Wildman–Crippen MR) is 163 cm³/mol. The van der Waals surface area contributed by atoms with Crippen molar-refractivity contribution in [3.05, 3.63) is 143 Å². The minimum absolute atomic E-state index is 0.245. The van der Waals surface area contributed by atoms with Crippen LogP contribution in [0.3, 0.4) is 0 Å². The van der Waals surface area contributed by atoms with E-state index in [9.17, 15) is 0 Å². The van der Waals surface area contributed by atoms with Gasteiger partial charge in [-0.1, -0.05) is 72.8 Å². The third kappa shape index (κ3) is 4.95. The van der Waals surface area contributed by atoms with Crippen LogP contribution in [0.2, 0.25) is 0 Å². The van der Waals surface area contributed by atoms with Gasteiger partial charge in [0.2, 0.25) is 0 Å². The summed E-state index contributed by atoms with van der Waals surface area (Å²) in [6, 6.07) is 35.5. The molecule has 2 heteroatoms. The number of fused-ring (bicyclic) bond motifs is 1. The first-order valence-electron chi connectivity index (χ1n) is 13.6. The lowest BCUT2D eigenvalue weighted by Gasteiger charge is -2.33. The number of rotatable bonds is 6. The van der Waals surface area contributed by atoms with Gasteiger partial charge in [0.05, 0.1) is 6.04 Å². The Morgan fingerprint density at radius 1 is 0.605 bits per heavy atom. The fourth-order valence-corrected chi connectivity index (χ4v) is 5.61. The van der Waals surface area contributed by atoms with Gasteiger partial charge in [-0.25, -0.2) is 0 Å². The normalized spacial score (nSPS) is 16.1. The Balaban J connectivity index is 1.41. The Kier molecular flexibility index (Phi) is 6.71. The number of allylic oxidation sites excluding steroid dienone is 3. The maximum absolute atomic E-state index is 2.47. The standard InChI is InChI=1S/C36H34N2/c1-27-11-9-17-33(23-27)37(31-13-5-3-6-14-31)35-21-19-30-26-36(22-20-29(30)25-35)38(32-15-7-4-8-16-32)34-18-10-12-28(2)24-34/h3,5-7,9-20,22-26,35H,4,8,21H2,1-2H3. The molecule has 0 heterocycles. The number of hydrogen-bond donors (Lipinski definition) is 0. The van der Waals surface area contributed by atoms with Crippen LogP contribution in [-0.4, -0.2) is 6.04 Å². The summed E-state index contributed by atoms with van der Waals surface area (Å²) in [4.78, 5) is 4.86. The molecule has 0 N–H and O–H groups in total. The van der Waals surface area contributed by atoms with Crippen molar-refractivity contribution < 1.29 is 0 Å². The Morgan fingerprint density at radius 2 is 1.32 bits per heavy atom. The molecule has 0 fully saturated rings. The average Bonchev–Trinajstić information content (AvgIpc) is 2.95. The van der Waals surface area contributed by atoms with Crippen LogP contribution >= 0.6 is 0 Å². The Labute approximate surface area is 226 Å². The zero-order chi connectivity index (χ0) is 25.9. The number of para-hydroxylation sites is 1. The lowest BCUT2D eigenvalue weighted by molar-refractivity contribution is 0.836. The Hall–Kier alpha value is -4.30. The quantitative estimate of drug-likeness (QED) is 0.269. The van der Waals surface area contributed by atoms with Gasteiger partial charge >= 0.3 is 0 Å². The molecule has 4 aromatic rings. The highest BCUT2D eigenvalue weighted by Crippen LogP contribution is 2.33. The van der Waals surface area contributed by atoms with Crippen LogP contribution in [-0.2, 0) is 0 Å². The summed E-state index contributed by atoms with van der Waals surface area (Å²) in [5.74, 6) is 0. The molecule has 2 nitrogen and oxygen atoms in total. The van der Waals surface area contributed by atoms with Crippen molar-refractivity contribution in [3.8, 4) is 0 Å².